The zero-order chi connectivity index (χ0) is 18.8. The van der Waals surface area contributed by atoms with E-state index in [-0.39, 0.29) is 18.4 Å². The number of benzene rings is 1. The van der Waals surface area contributed by atoms with Gasteiger partial charge in [-0.3, -0.25) is 19.3 Å². The standard InChI is InChI=1S/C19H16BrN5O2/c1-27-17(26)8-6-15-19-24-22-11-25(19)16-7-5-12(20)10-13(16)18(23-15)14-4-2-3-9-21-14/h2-5,7,9-11,15H,6,8H2,1H3/t15-/m0/s1. The van der Waals surface area contributed by atoms with Crippen molar-refractivity contribution >= 4 is 27.6 Å². The largest absolute Gasteiger partial charge is 0.469 e. The molecule has 0 spiro atoms. The van der Waals surface area contributed by atoms with Crippen LogP contribution in [0.25, 0.3) is 5.69 Å². The number of hydrogen-bond donors (Lipinski definition) is 0. The highest BCUT2D eigenvalue weighted by molar-refractivity contribution is 9.10. The summed E-state index contributed by atoms with van der Waals surface area (Å²) in [6, 6.07) is 11.3. The van der Waals surface area contributed by atoms with Crippen LogP contribution in [0.1, 0.15) is 36.0 Å². The summed E-state index contributed by atoms with van der Waals surface area (Å²) >= 11 is 3.54. The third-order valence-electron chi connectivity index (χ3n) is 4.39. The van der Waals surface area contributed by atoms with Crippen LogP contribution < -0.4 is 0 Å². The molecule has 2 aromatic heterocycles. The monoisotopic (exact) mass is 425 g/mol. The first kappa shape index (κ1) is 17.5. The van der Waals surface area contributed by atoms with Crippen LogP contribution in [-0.4, -0.2) is 38.5 Å². The second-order valence-electron chi connectivity index (χ2n) is 6.04. The molecule has 7 nitrogen and oxygen atoms in total. The number of pyridine rings is 1. The number of esters is 1. The lowest BCUT2D eigenvalue weighted by molar-refractivity contribution is -0.140. The zero-order valence-electron chi connectivity index (χ0n) is 14.5. The van der Waals surface area contributed by atoms with Gasteiger partial charge in [0.1, 0.15) is 12.4 Å². The van der Waals surface area contributed by atoms with Gasteiger partial charge in [0.05, 0.1) is 24.2 Å². The molecular formula is C19H16BrN5O2. The molecule has 0 unspecified atom stereocenters. The smallest absolute Gasteiger partial charge is 0.305 e. The van der Waals surface area contributed by atoms with E-state index in [4.69, 9.17) is 9.73 Å². The van der Waals surface area contributed by atoms with Crippen LogP contribution in [-0.2, 0) is 9.53 Å². The number of methoxy groups -OCH3 is 1. The molecule has 136 valence electrons. The fourth-order valence-electron chi connectivity index (χ4n) is 3.11. The summed E-state index contributed by atoms with van der Waals surface area (Å²) in [6.45, 7) is 0. The molecule has 3 heterocycles. The highest BCUT2D eigenvalue weighted by atomic mass is 79.9. The minimum atomic E-state index is -0.338. The van der Waals surface area contributed by atoms with Crippen molar-refractivity contribution in [3.05, 3.63) is 70.5 Å². The number of aliphatic imine (C=N–C) groups is 1. The average molecular weight is 426 g/mol. The van der Waals surface area contributed by atoms with Crippen molar-refractivity contribution in [2.75, 3.05) is 7.11 Å². The van der Waals surface area contributed by atoms with Crippen LogP contribution in [0.3, 0.4) is 0 Å². The van der Waals surface area contributed by atoms with Gasteiger partial charge in [-0.25, -0.2) is 0 Å². The van der Waals surface area contributed by atoms with Crippen molar-refractivity contribution in [2.45, 2.75) is 18.9 Å². The Kier molecular flexibility index (Phi) is 4.81. The lowest BCUT2D eigenvalue weighted by Crippen LogP contribution is -2.09. The number of rotatable bonds is 4. The zero-order valence-corrected chi connectivity index (χ0v) is 16.1. The van der Waals surface area contributed by atoms with Crippen LogP contribution in [0, 0.1) is 0 Å². The number of aromatic nitrogens is 4. The molecule has 1 aromatic carbocycles. The normalized spacial score (nSPS) is 15.3. The van der Waals surface area contributed by atoms with Gasteiger partial charge in [-0.15, -0.1) is 10.2 Å². The molecule has 4 rings (SSSR count). The summed E-state index contributed by atoms with van der Waals surface area (Å²) in [4.78, 5) is 21.1. The van der Waals surface area contributed by atoms with Gasteiger partial charge in [-0.05, 0) is 36.8 Å². The van der Waals surface area contributed by atoms with Gasteiger partial charge in [-0.2, -0.15) is 0 Å². The van der Waals surface area contributed by atoms with E-state index >= 15 is 0 Å². The Balaban J connectivity index is 1.89. The topological polar surface area (TPSA) is 82.3 Å². The van der Waals surface area contributed by atoms with Crippen LogP contribution in [0.15, 0.2) is 58.4 Å². The van der Waals surface area contributed by atoms with E-state index in [1.807, 2.05) is 41.0 Å². The van der Waals surface area contributed by atoms with E-state index in [2.05, 4.69) is 31.1 Å². The van der Waals surface area contributed by atoms with Crippen LogP contribution in [0.4, 0.5) is 0 Å². The maximum atomic E-state index is 11.7. The van der Waals surface area contributed by atoms with Crippen molar-refractivity contribution in [3.8, 4) is 5.69 Å². The molecule has 0 fully saturated rings. The van der Waals surface area contributed by atoms with E-state index in [0.29, 0.717) is 12.2 Å². The molecule has 0 saturated carbocycles. The summed E-state index contributed by atoms with van der Waals surface area (Å²) in [5.74, 6) is 0.411. The van der Waals surface area contributed by atoms with Crippen molar-refractivity contribution in [1.29, 1.82) is 0 Å². The molecule has 0 bridgehead atoms. The first-order valence-corrected chi connectivity index (χ1v) is 9.23. The fourth-order valence-corrected chi connectivity index (χ4v) is 3.47. The molecule has 0 aliphatic carbocycles. The van der Waals surface area contributed by atoms with Crippen LogP contribution >= 0.6 is 15.9 Å². The lowest BCUT2D eigenvalue weighted by atomic mass is 10.0. The third-order valence-corrected chi connectivity index (χ3v) is 4.88. The van der Waals surface area contributed by atoms with E-state index < -0.39 is 0 Å². The molecule has 0 saturated heterocycles. The Labute approximate surface area is 164 Å². The van der Waals surface area contributed by atoms with Gasteiger partial charge in [0, 0.05) is 22.7 Å². The van der Waals surface area contributed by atoms with E-state index in [1.165, 1.54) is 7.11 Å². The highest BCUT2D eigenvalue weighted by Gasteiger charge is 2.27. The van der Waals surface area contributed by atoms with Crippen molar-refractivity contribution in [3.63, 3.8) is 0 Å². The van der Waals surface area contributed by atoms with Gasteiger partial charge >= 0.3 is 5.97 Å². The molecule has 0 amide bonds. The SMILES string of the molecule is COC(=O)CC[C@@H]1N=C(c2ccccn2)c2cc(Br)ccc2-n2cnnc21. The number of carbonyl (C=O) groups excluding carboxylic acids is 1. The summed E-state index contributed by atoms with van der Waals surface area (Å²) in [5, 5.41) is 8.34. The molecule has 27 heavy (non-hydrogen) atoms. The Morgan fingerprint density at radius 3 is 2.96 bits per heavy atom. The summed E-state index contributed by atoms with van der Waals surface area (Å²) in [7, 11) is 1.38. The second-order valence-corrected chi connectivity index (χ2v) is 6.96. The maximum absolute atomic E-state index is 11.7. The molecular weight excluding hydrogens is 410 g/mol. The van der Waals surface area contributed by atoms with E-state index in [0.717, 1.165) is 27.1 Å². The van der Waals surface area contributed by atoms with Gasteiger partial charge < -0.3 is 4.74 Å². The molecule has 8 heteroatoms. The second kappa shape index (κ2) is 7.40. The maximum Gasteiger partial charge on any atom is 0.305 e. The van der Waals surface area contributed by atoms with Gasteiger partial charge in [0.2, 0.25) is 0 Å². The number of nitrogens with zero attached hydrogens (tertiary/aromatic N) is 5. The van der Waals surface area contributed by atoms with Gasteiger partial charge in [-0.1, -0.05) is 22.0 Å². The summed E-state index contributed by atoms with van der Waals surface area (Å²) in [5.41, 5.74) is 3.36. The Morgan fingerprint density at radius 1 is 1.30 bits per heavy atom. The van der Waals surface area contributed by atoms with Crippen LogP contribution in [0.2, 0.25) is 0 Å². The first-order chi connectivity index (χ1) is 13.2. The summed E-state index contributed by atoms with van der Waals surface area (Å²) < 4.78 is 7.64. The quantitative estimate of drug-likeness (QED) is 0.599. The minimum absolute atomic E-state index is 0.243. The number of carbonyl (C=O) groups is 1. The Hall–Kier alpha value is -2.87. The minimum Gasteiger partial charge on any atom is -0.469 e. The number of halogens is 1. The number of hydrogen-bond acceptors (Lipinski definition) is 6. The van der Waals surface area contributed by atoms with Gasteiger partial charge in [0.15, 0.2) is 5.82 Å². The predicted molar refractivity (Wildman–Crippen MR) is 103 cm³/mol. The third kappa shape index (κ3) is 3.40. The number of ether oxygens (including phenoxy) is 1. The number of fused-ring (bicyclic) bond motifs is 3. The van der Waals surface area contributed by atoms with Gasteiger partial charge in [0.25, 0.3) is 0 Å². The summed E-state index contributed by atoms with van der Waals surface area (Å²) in [6.07, 6.45) is 4.12. The molecule has 1 atom stereocenters. The van der Waals surface area contributed by atoms with Crippen LogP contribution in [0.5, 0.6) is 0 Å². The highest BCUT2D eigenvalue weighted by Crippen LogP contribution is 2.32. The Morgan fingerprint density at radius 2 is 2.19 bits per heavy atom. The van der Waals surface area contributed by atoms with E-state index in [1.54, 1.807) is 12.5 Å². The van der Waals surface area contributed by atoms with Crippen molar-refractivity contribution in [1.82, 2.24) is 19.7 Å². The lowest BCUT2D eigenvalue weighted by Gasteiger charge is -2.11. The molecule has 3 aromatic rings. The van der Waals surface area contributed by atoms with E-state index in [9.17, 15) is 4.79 Å². The Bertz CT molecular complexity index is 1020. The first-order valence-electron chi connectivity index (χ1n) is 8.43. The fraction of sp³-hybridized carbons (Fsp3) is 0.211. The molecule has 0 N–H and O–H groups in total. The molecule has 1 aliphatic rings. The predicted octanol–water partition coefficient (Wildman–Crippen LogP) is 3.27. The van der Waals surface area contributed by atoms with Crippen molar-refractivity contribution < 1.29 is 9.53 Å². The molecule has 1 aliphatic heterocycles. The molecule has 0 radical (unpaired) electrons. The van der Waals surface area contributed by atoms with Crippen molar-refractivity contribution in [2.24, 2.45) is 4.99 Å². The average Bonchev–Trinajstić information content (AvgIpc) is 3.13.